The van der Waals surface area contributed by atoms with Crippen LogP contribution in [-0.2, 0) is 4.79 Å². The maximum atomic E-state index is 11.6. The van der Waals surface area contributed by atoms with Crippen molar-refractivity contribution < 1.29 is 4.79 Å². The first-order chi connectivity index (χ1) is 9.02. The minimum Gasteiger partial charge on any atom is -0.317 e. The van der Waals surface area contributed by atoms with Gasteiger partial charge in [-0.25, -0.2) is 4.98 Å². The average molecular weight is 344 g/mol. The summed E-state index contributed by atoms with van der Waals surface area (Å²) >= 11 is 8.45. The molecule has 0 spiro atoms. The lowest BCUT2D eigenvalue weighted by Crippen LogP contribution is -2.34. The lowest BCUT2D eigenvalue weighted by Gasteiger charge is -2.09. The van der Waals surface area contributed by atoms with Crippen LogP contribution in [0.25, 0.3) is 0 Å². The van der Waals surface area contributed by atoms with E-state index in [-0.39, 0.29) is 11.0 Å². The Balaban J connectivity index is 2.42. The fourth-order valence-electron chi connectivity index (χ4n) is 1.49. The van der Waals surface area contributed by atoms with Crippen LogP contribution in [0.2, 0.25) is 0 Å². The zero-order valence-electron chi connectivity index (χ0n) is 11.1. The monoisotopic (exact) mass is 343 g/mol. The predicted molar refractivity (Wildman–Crippen MR) is 85.2 cm³/mol. The molecule has 0 fully saturated rings. The van der Waals surface area contributed by atoms with Crippen LogP contribution in [0.5, 0.6) is 0 Å². The van der Waals surface area contributed by atoms with Gasteiger partial charge in [0, 0.05) is 10.9 Å². The van der Waals surface area contributed by atoms with Gasteiger partial charge in [-0.15, -0.1) is 0 Å². The summed E-state index contributed by atoms with van der Waals surface area (Å²) in [6, 6.07) is 3.68. The first kappa shape index (κ1) is 16.0. The van der Waals surface area contributed by atoms with Crippen molar-refractivity contribution in [2.45, 2.75) is 39.5 Å². The Kier molecular flexibility index (Phi) is 6.94. The number of nitrogens with one attached hydrogen (secondary N) is 2. The molecule has 6 heteroatoms. The number of rotatable bonds is 5. The standard InChI is InChI=1S/C13H18BrN3OS/c1-3-4-5-6-12(18)17-13(19)16-11-8-7-10(14)9(2)15-11/h7-8H,3-6H2,1-2H3,(H2,15,16,17,18,19). The molecule has 0 unspecified atom stereocenters. The van der Waals surface area contributed by atoms with Crippen LogP contribution in [0.3, 0.4) is 0 Å². The second kappa shape index (κ2) is 8.22. The number of nitrogens with zero attached hydrogens (tertiary/aromatic N) is 1. The number of hydrogen-bond donors (Lipinski definition) is 2. The van der Waals surface area contributed by atoms with Crippen molar-refractivity contribution >= 4 is 45.0 Å². The molecule has 0 saturated carbocycles. The Morgan fingerprint density at radius 2 is 2.16 bits per heavy atom. The van der Waals surface area contributed by atoms with E-state index in [2.05, 4.69) is 38.5 Å². The highest BCUT2D eigenvalue weighted by atomic mass is 79.9. The van der Waals surface area contributed by atoms with Crippen molar-refractivity contribution in [1.82, 2.24) is 10.3 Å². The van der Waals surface area contributed by atoms with E-state index in [0.29, 0.717) is 12.2 Å². The first-order valence-electron chi connectivity index (χ1n) is 6.27. The van der Waals surface area contributed by atoms with Gasteiger partial charge in [0.1, 0.15) is 5.82 Å². The predicted octanol–water partition coefficient (Wildman–Crippen LogP) is 3.55. The van der Waals surface area contributed by atoms with E-state index in [1.54, 1.807) is 6.07 Å². The highest BCUT2D eigenvalue weighted by Gasteiger charge is 2.05. The number of anilines is 1. The molecule has 1 rings (SSSR count). The molecule has 104 valence electrons. The molecule has 0 bridgehead atoms. The van der Waals surface area contributed by atoms with Crippen molar-refractivity contribution in [1.29, 1.82) is 0 Å². The fourth-order valence-corrected chi connectivity index (χ4v) is 1.93. The van der Waals surface area contributed by atoms with Crippen LogP contribution in [-0.4, -0.2) is 16.0 Å². The van der Waals surface area contributed by atoms with Crippen LogP contribution in [0.15, 0.2) is 16.6 Å². The number of aryl methyl sites for hydroxylation is 1. The van der Waals surface area contributed by atoms with Crippen LogP contribution < -0.4 is 10.6 Å². The smallest absolute Gasteiger partial charge is 0.226 e. The van der Waals surface area contributed by atoms with Gasteiger partial charge >= 0.3 is 0 Å². The summed E-state index contributed by atoms with van der Waals surface area (Å²) in [5, 5.41) is 5.84. The second-order valence-corrected chi connectivity index (χ2v) is 5.49. The Labute approximate surface area is 127 Å². The Morgan fingerprint density at radius 3 is 2.79 bits per heavy atom. The van der Waals surface area contributed by atoms with Gasteiger partial charge in [0.05, 0.1) is 5.69 Å². The van der Waals surface area contributed by atoms with E-state index in [4.69, 9.17) is 12.2 Å². The number of thiocarbonyl (C=S) groups is 1. The molecule has 0 aliphatic rings. The summed E-state index contributed by atoms with van der Waals surface area (Å²) in [6.45, 7) is 3.99. The van der Waals surface area contributed by atoms with E-state index in [0.717, 1.165) is 29.4 Å². The van der Waals surface area contributed by atoms with Crippen LogP contribution in [0.4, 0.5) is 5.82 Å². The molecule has 0 saturated heterocycles. The molecule has 4 nitrogen and oxygen atoms in total. The number of halogens is 1. The first-order valence-corrected chi connectivity index (χ1v) is 7.47. The molecule has 0 radical (unpaired) electrons. The average Bonchev–Trinajstić information content (AvgIpc) is 2.34. The lowest BCUT2D eigenvalue weighted by atomic mass is 10.2. The van der Waals surface area contributed by atoms with Gasteiger partial charge in [-0.1, -0.05) is 19.8 Å². The molecule has 0 aliphatic heterocycles. The number of unbranched alkanes of at least 4 members (excludes halogenated alkanes) is 2. The molecule has 1 aromatic heterocycles. The summed E-state index contributed by atoms with van der Waals surface area (Å²) in [6.07, 6.45) is 3.54. The van der Waals surface area contributed by atoms with Crippen molar-refractivity contribution in [2.24, 2.45) is 0 Å². The highest BCUT2D eigenvalue weighted by molar-refractivity contribution is 9.10. The lowest BCUT2D eigenvalue weighted by molar-refractivity contribution is -0.119. The fraction of sp³-hybridized carbons (Fsp3) is 0.462. The SMILES string of the molecule is CCCCCC(=O)NC(=S)Nc1ccc(Br)c(C)n1. The van der Waals surface area contributed by atoms with Gasteiger partial charge in [-0.2, -0.15) is 0 Å². The second-order valence-electron chi connectivity index (χ2n) is 4.22. The molecular formula is C13H18BrN3OS. The molecular weight excluding hydrogens is 326 g/mol. The summed E-state index contributed by atoms with van der Waals surface area (Å²) in [5.74, 6) is 0.569. The topological polar surface area (TPSA) is 54.0 Å². The van der Waals surface area contributed by atoms with Gasteiger partial charge in [-0.3, -0.25) is 4.79 Å². The third-order valence-electron chi connectivity index (χ3n) is 2.52. The van der Waals surface area contributed by atoms with Crippen molar-refractivity contribution in [3.05, 3.63) is 22.3 Å². The maximum Gasteiger partial charge on any atom is 0.226 e. The number of hydrogen-bond acceptors (Lipinski definition) is 3. The van der Waals surface area contributed by atoms with Gasteiger partial charge in [-0.05, 0) is 53.6 Å². The number of amides is 1. The number of aromatic nitrogens is 1. The van der Waals surface area contributed by atoms with Gasteiger partial charge in [0.15, 0.2) is 5.11 Å². The molecule has 19 heavy (non-hydrogen) atoms. The summed E-state index contributed by atoms with van der Waals surface area (Å²) in [5.41, 5.74) is 0.863. The molecule has 0 aromatic carbocycles. The molecule has 2 N–H and O–H groups in total. The quantitative estimate of drug-likeness (QED) is 0.634. The van der Waals surface area contributed by atoms with Crippen LogP contribution in [0, 0.1) is 6.92 Å². The minimum atomic E-state index is -0.0558. The third kappa shape index (κ3) is 6.11. The number of carbonyl (C=O) groups is 1. The summed E-state index contributed by atoms with van der Waals surface area (Å²) < 4.78 is 0.938. The van der Waals surface area contributed by atoms with E-state index < -0.39 is 0 Å². The van der Waals surface area contributed by atoms with Gasteiger partial charge in [0.25, 0.3) is 0 Å². The van der Waals surface area contributed by atoms with E-state index >= 15 is 0 Å². The minimum absolute atomic E-state index is 0.0558. The van der Waals surface area contributed by atoms with Crippen LogP contribution in [0.1, 0.15) is 38.3 Å². The Bertz CT molecular complexity index is 465. The number of pyridine rings is 1. The van der Waals surface area contributed by atoms with E-state index in [9.17, 15) is 4.79 Å². The van der Waals surface area contributed by atoms with Crippen molar-refractivity contribution in [2.75, 3.05) is 5.32 Å². The van der Waals surface area contributed by atoms with E-state index in [1.165, 1.54) is 0 Å². The molecule has 0 aliphatic carbocycles. The Hall–Kier alpha value is -1.01. The zero-order valence-corrected chi connectivity index (χ0v) is 13.5. The Morgan fingerprint density at radius 1 is 1.42 bits per heavy atom. The van der Waals surface area contributed by atoms with Crippen LogP contribution >= 0.6 is 28.1 Å². The molecule has 1 aromatic rings. The van der Waals surface area contributed by atoms with Gasteiger partial charge < -0.3 is 10.6 Å². The number of carbonyl (C=O) groups excluding carboxylic acids is 1. The molecule has 1 amide bonds. The van der Waals surface area contributed by atoms with Crippen molar-refractivity contribution in [3.8, 4) is 0 Å². The third-order valence-corrected chi connectivity index (χ3v) is 3.57. The van der Waals surface area contributed by atoms with Crippen molar-refractivity contribution in [3.63, 3.8) is 0 Å². The zero-order chi connectivity index (χ0) is 14.3. The van der Waals surface area contributed by atoms with E-state index in [1.807, 2.05) is 13.0 Å². The normalized spacial score (nSPS) is 10.1. The molecule has 0 atom stereocenters. The molecule has 1 heterocycles. The summed E-state index contributed by atoms with van der Waals surface area (Å²) in [4.78, 5) is 15.9. The largest absolute Gasteiger partial charge is 0.317 e. The van der Waals surface area contributed by atoms with Gasteiger partial charge in [0.2, 0.25) is 5.91 Å². The maximum absolute atomic E-state index is 11.6. The highest BCUT2D eigenvalue weighted by Crippen LogP contribution is 2.15. The summed E-state index contributed by atoms with van der Waals surface area (Å²) in [7, 11) is 0.